The van der Waals surface area contributed by atoms with Crippen LogP contribution in [-0.2, 0) is 0 Å². The average Bonchev–Trinajstić information content (AvgIpc) is 3.69. The van der Waals surface area contributed by atoms with Crippen LogP contribution in [0.1, 0.15) is 0 Å². The van der Waals surface area contributed by atoms with Crippen molar-refractivity contribution < 1.29 is 0 Å². The first-order valence-corrected chi connectivity index (χ1v) is 15.4. The lowest BCUT2D eigenvalue weighted by molar-refractivity contribution is 1.25. The first kappa shape index (κ1) is 21.3. The van der Waals surface area contributed by atoms with Gasteiger partial charge in [-0.05, 0) is 22.9 Å². The van der Waals surface area contributed by atoms with E-state index < -0.39 is 0 Å². The first-order valence-electron chi connectivity index (χ1n) is 12.0. The highest BCUT2D eigenvalue weighted by molar-refractivity contribution is 7.45. The van der Waals surface area contributed by atoms with E-state index in [-0.39, 0.29) is 0 Å². The summed E-state index contributed by atoms with van der Waals surface area (Å²) in [5.74, 6) is 0. The van der Waals surface area contributed by atoms with E-state index in [4.69, 9.17) is 0 Å². The Morgan fingerprint density at radius 2 is 0.944 bits per heavy atom. The average molecular weight is 534 g/mol. The van der Waals surface area contributed by atoms with Gasteiger partial charge in [0.15, 0.2) is 0 Å². The van der Waals surface area contributed by atoms with E-state index in [9.17, 15) is 0 Å². The van der Waals surface area contributed by atoms with Crippen molar-refractivity contribution in [2.75, 3.05) is 23.9 Å². The van der Waals surface area contributed by atoms with Gasteiger partial charge >= 0.3 is 0 Å². The van der Waals surface area contributed by atoms with Gasteiger partial charge in [-0.2, -0.15) is 22.7 Å². The van der Waals surface area contributed by atoms with E-state index >= 15 is 0 Å². The minimum absolute atomic E-state index is 0.295. The molecule has 2 nitrogen and oxygen atoms in total. The summed E-state index contributed by atoms with van der Waals surface area (Å²) in [4.78, 5) is 4.91. The molecule has 0 spiro atoms. The monoisotopic (exact) mass is 534 g/mol. The number of anilines is 4. The van der Waals surface area contributed by atoms with E-state index in [2.05, 4.69) is 107 Å². The van der Waals surface area contributed by atoms with Gasteiger partial charge in [-0.3, -0.25) is 0 Å². The summed E-state index contributed by atoms with van der Waals surface area (Å²) < 4.78 is 8.72. The Kier molecular flexibility index (Phi) is 4.66. The zero-order valence-electron chi connectivity index (χ0n) is 19.8. The minimum Gasteiger partial charge on any atom is -0.343 e. The Hall–Kier alpha value is -2.77. The zero-order chi connectivity index (χ0) is 24.0. The highest BCUT2D eigenvalue weighted by Crippen LogP contribution is 2.47. The van der Waals surface area contributed by atoms with Crippen LogP contribution in [0.3, 0.4) is 0 Å². The Labute approximate surface area is 227 Å². The van der Waals surface area contributed by atoms with Gasteiger partial charge in [-0.25, -0.2) is 0 Å². The predicted molar refractivity (Wildman–Crippen MR) is 167 cm³/mol. The van der Waals surface area contributed by atoms with Crippen molar-refractivity contribution >= 4 is 121 Å². The molecular weight excluding hydrogens is 514 g/mol. The molecule has 2 aromatic carbocycles. The number of hydrogen-bond acceptors (Lipinski definition) is 6. The molecular formula is C28H20B2N2S4. The van der Waals surface area contributed by atoms with Crippen molar-refractivity contribution in [3.05, 3.63) is 83.6 Å². The summed E-state index contributed by atoms with van der Waals surface area (Å²) in [6.07, 6.45) is 0. The molecule has 2 aliphatic heterocycles. The fourth-order valence-corrected chi connectivity index (χ4v) is 11.5. The molecule has 0 unspecified atom stereocenters. The highest BCUT2D eigenvalue weighted by Gasteiger charge is 2.42. The lowest BCUT2D eigenvalue weighted by Gasteiger charge is -2.30. The Bertz CT molecular complexity index is 1620. The molecule has 0 aliphatic carbocycles. The molecule has 0 saturated carbocycles. The minimum atomic E-state index is 0.295. The number of benzene rings is 2. The van der Waals surface area contributed by atoms with E-state index in [1.54, 1.807) is 0 Å². The standard InChI is InChI=1S/C28H20B2N2S4/c1-31-19-13-15-33-25(19)29(17-9-5-3-6-10-17)27-21(31)23-24(36-27)22-28(35-23)30(18-11-7-4-8-12-18)26-20(32(22)2)14-16-34-26/h3-16H,1-2H3. The van der Waals surface area contributed by atoms with E-state index in [1.807, 2.05) is 45.3 Å². The molecule has 6 aromatic rings. The maximum Gasteiger partial charge on any atom is 0.272 e. The second-order valence-corrected chi connectivity index (χ2v) is 13.4. The van der Waals surface area contributed by atoms with Gasteiger partial charge in [0.05, 0.1) is 20.8 Å². The molecule has 0 N–H and O–H groups in total. The summed E-state index contributed by atoms with van der Waals surface area (Å²) in [6, 6.07) is 26.7. The Balaban J connectivity index is 1.41. The fourth-order valence-electron chi connectivity index (χ4n) is 5.96. The lowest BCUT2D eigenvalue weighted by atomic mass is 9.41. The molecule has 4 aromatic heterocycles. The van der Waals surface area contributed by atoms with Crippen molar-refractivity contribution in [3.63, 3.8) is 0 Å². The smallest absolute Gasteiger partial charge is 0.272 e. The van der Waals surface area contributed by atoms with E-state index in [0.29, 0.717) is 13.4 Å². The number of thiophene rings is 4. The molecule has 36 heavy (non-hydrogen) atoms. The lowest BCUT2D eigenvalue weighted by Crippen LogP contribution is -2.55. The van der Waals surface area contributed by atoms with E-state index in [1.165, 1.54) is 62.2 Å². The molecule has 0 radical (unpaired) electrons. The van der Waals surface area contributed by atoms with Gasteiger partial charge < -0.3 is 9.80 Å². The third-order valence-electron chi connectivity index (χ3n) is 7.58. The summed E-state index contributed by atoms with van der Waals surface area (Å²) in [5, 5.41) is 4.50. The molecule has 6 heterocycles. The second kappa shape index (κ2) is 7.86. The topological polar surface area (TPSA) is 6.48 Å². The van der Waals surface area contributed by atoms with Gasteiger partial charge in [0.25, 0.3) is 13.4 Å². The Morgan fingerprint density at radius 1 is 0.528 bits per heavy atom. The molecule has 172 valence electrons. The van der Waals surface area contributed by atoms with Crippen molar-refractivity contribution in [2.45, 2.75) is 0 Å². The normalized spacial score (nSPS) is 14.2. The van der Waals surface area contributed by atoms with Crippen LogP contribution in [0.2, 0.25) is 0 Å². The van der Waals surface area contributed by atoms with Crippen LogP contribution in [0.4, 0.5) is 22.7 Å². The van der Waals surface area contributed by atoms with Gasteiger partial charge in [0.1, 0.15) is 0 Å². The second-order valence-electron chi connectivity index (χ2n) is 9.43. The largest absolute Gasteiger partial charge is 0.343 e. The summed E-state index contributed by atoms with van der Waals surface area (Å²) in [5.41, 5.74) is 8.26. The van der Waals surface area contributed by atoms with Crippen LogP contribution in [0.25, 0.3) is 9.40 Å². The molecule has 0 bridgehead atoms. The molecule has 0 amide bonds. The van der Waals surface area contributed by atoms with Crippen LogP contribution in [0, 0.1) is 0 Å². The van der Waals surface area contributed by atoms with Crippen molar-refractivity contribution in [1.82, 2.24) is 0 Å². The third-order valence-corrected chi connectivity index (χ3v) is 12.2. The summed E-state index contributed by atoms with van der Waals surface area (Å²) in [6.45, 7) is 0.589. The van der Waals surface area contributed by atoms with Crippen LogP contribution < -0.4 is 39.8 Å². The van der Waals surface area contributed by atoms with Crippen molar-refractivity contribution in [1.29, 1.82) is 0 Å². The number of fused-ring (bicyclic) bond motifs is 7. The number of hydrogen-bond donors (Lipinski definition) is 0. The molecule has 0 fully saturated rings. The quantitative estimate of drug-likeness (QED) is 0.306. The van der Waals surface area contributed by atoms with Gasteiger partial charge in [-0.15, -0.1) is 22.7 Å². The van der Waals surface area contributed by atoms with Crippen molar-refractivity contribution in [3.8, 4) is 0 Å². The molecule has 8 heteroatoms. The number of rotatable bonds is 2. The van der Waals surface area contributed by atoms with Gasteiger partial charge in [0.2, 0.25) is 0 Å². The predicted octanol–water partition coefficient (Wildman–Crippen LogP) is 4.28. The maximum atomic E-state index is 2.45. The molecule has 0 saturated heterocycles. The molecule has 2 aliphatic rings. The first-order chi connectivity index (χ1) is 17.7. The maximum absolute atomic E-state index is 2.45. The summed E-state index contributed by atoms with van der Waals surface area (Å²) in [7, 11) is 4.51. The SMILES string of the molecule is CN1c2ccsc2B(c2ccccc2)c2sc3c4c(sc3c21)B(c1ccccc1)c1sccc1N4C. The van der Waals surface area contributed by atoms with Crippen LogP contribution in [0.5, 0.6) is 0 Å². The zero-order valence-corrected chi connectivity index (χ0v) is 23.0. The van der Waals surface area contributed by atoms with Gasteiger partial charge in [0, 0.05) is 44.6 Å². The van der Waals surface area contributed by atoms with Crippen LogP contribution >= 0.6 is 45.3 Å². The van der Waals surface area contributed by atoms with Crippen LogP contribution in [0.15, 0.2) is 83.6 Å². The van der Waals surface area contributed by atoms with Crippen LogP contribution in [-0.4, -0.2) is 27.5 Å². The number of nitrogens with zero attached hydrogens (tertiary/aromatic N) is 2. The van der Waals surface area contributed by atoms with E-state index in [0.717, 1.165) is 0 Å². The molecule has 0 atom stereocenters. The van der Waals surface area contributed by atoms with Gasteiger partial charge in [-0.1, -0.05) is 71.6 Å². The fraction of sp³-hybridized carbons (Fsp3) is 0.0714. The molecule has 8 rings (SSSR count). The van der Waals surface area contributed by atoms with Crippen molar-refractivity contribution in [2.24, 2.45) is 0 Å². The summed E-state index contributed by atoms with van der Waals surface area (Å²) >= 11 is 7.79. The Morgan fingerprint density at radius 3 is 1.36 bits per heavy atom. The highest BCUT2D eigenvalue weighted by atomic mass is 32.1. The third kappa shape index (κ3) is 2.79.